The summed E-state index contributed by atoms with van der Waals surface area (Å²) in [6.45, 7) is 0. The summed E-state index contributed by atoms with van der Waals surface area (Å²) in [5.41, 5.74) is 1.99. The molecule has 1 N–H and O–H groups in total. The van der Waals surface area contributed by atoms with E-state index in [0.29, 0.717) is 0 Å². The molecule has 1 heterocycles. The van der Waals surface area contributed by atoms with E-state index in [1.54, 1.807) is 14.2 Å². The maximum absolute atomic E-state index is 12.5. The first-order valence-electron chi connectivity index (χ1n) is 7.72. The van der Waals surface area contributed by atoms with Crippen molar-refractivity contribution in [2.24, 2.45) is 0 Å². The van der Waals surface area contributed by atoms with E-state index >= 15 is 0 Å². The quantitative estimate of drug-likeness (QED) is 0.947. The molecule has 0 radical (unpaired) electrons. The lowest BCUT2D eigenvalue weighted by Crippen LogP contribution is -2.56. The molecule has 2 aromatic rings. The third kappa shape index (κ3) is 2.76. The molecule has 3 rings (SSSR count). The van der Waals surface area contributed by atoms with Gasteiger partial charge in [0.25, 0.3) is 5.91 Å². The van der Waals surface area contributed by atoms with Crippen molar-refractivity contribution in [3.05, 3.63) is 71.8 Å². The summed E-state index contributed by atoms with van der Waals surface area (Å²) in [4.78, 5) is 14.0. The number of nitrogens with zero attached hydrogens (tertiary/aromatic N) is 1. The van der Waals surface area contributed by atoms with Gasteiger partial charge in [-0.2, -0.15) is 0 Å². The fraction of sp³-hybridized carbons (Fsp3) is 0.316. The van der Waals surface area contributed by atoms with Crippen molar-refractivity contribution in [3.63, 3.8) is 0 Å². The minimum Gasteiger partial charge on any atom is -0.383 e. The van der Waals surface area contributed by atoms with Crippen molar-refractivity contribution in [2.75, 3.05) is 14.2 Å². The average Bonchev–Trinajstić information content (AvgIpc) is 2.61. The van der Waals surface area contributed by atoms with Crippen molar-refractivity contribution in [3.8, 4) is 0 Å². The molecule has 0 spiro atoms. The second kappa shape index (κ2) is 6.52. The summed E-state index contributed by atoms with van der Waals surface area (Å²) in [6.07, 6.45) is -1.50. The molecule has 0 saturated carbocycles. The van der Waals surface area contributed by atoms with Gasteiger partial charge in [0, 0.05) is 26.0 Å². The molecule has 1 aliphatic heterocycles. The first-order valence-corrected chi connectivity index (χ1v) is 7.72. The molecule has 4 atom stereocenters. The topological polar surface area (TPSA) is 49.8 Å². The van der Waals surface area contributed by atoms with E-state index in [1.165, 1.54) is 4.90 Å². The predicted octanol–water partition coefficient (Wildman–Crippen LogP) is 2.36. The SMILES string of the molecule is CO[C@@H]1[C@@H](c2ccccc2)[C@@H](c2ccccc2)[C@H](O)C(=O)N1C. The summed E-state index contributed by atoms with van der Waals surface area (Å²) in [5.74, 6) is -0.786. The minimum atomic E-state index is -1.08. The molecule has 4 heteroatoms. The van der Waals surface area contributed by atoms with Gasteiger partial charge < -0.3 is 14.7 Å². The van der Waals surface area contributed by atoms with Gasteiger partial charge >= 0.3 is 0 Å². The number of likely N-dealkylation sites (tertiary alicyclic amines) is 1. The second-order valence-electron chi connectivity index (χ2n) is 5.89. The Morgan fingerprint density at radius 3 is 1.87 bits per heavy atom. The molecular formula is C19H21NO3. The lowest BCUT2D eigenvalue weighted by Gasteiger charge is -2.45. The van der Waals surface area contributed by atoms with E-state index in [0.717, 1.165) is 11.1 Å². The Morgan fingerprint density at radius 1 is 0.913 bits per heavy atom. The van der Waals surface area contributed by atoms with Crippen LogP contribution in [0.3, 0.4) is 0 Å². The molecule has 1 amide bonds. The Hall–Kier alpha value is -2.17. The number of carbonyl (C=O) groups excluding carboxylic acids is 1. The summed E-state index contributed by atoms with van der Waals surface area (Å²) < 4.78 is 5.63. The molecule has 120 valence electrons. The lowest BCUT2D eigenvalue weighted by atomic mass is 9.74. The summed E-state index contributed by atoms with van der Waals surface area (Å²) in [5, 5.41) is 10.7. The van der Waals surface area contributed by atoms with Crippen molar-refractivity contribution < 1.29 is 14.6 Å². The van der Waals surface area contributed by atoms with Crippen LogP contribution in [0.15, 0.2) is 60.7 Å². The van der Waals surface area contributed by atoms with Crippen LogP contribution in [0.5, 0.6) is 0 Å². The monoisotopic (exact) mass is 311 g/mol. The number of methoxy groups -OCH3 is 1. The fourth-order valence-corrected chi connectivity index (χ4v) is 3.52. The van der Waals surface area contributed by atoms with E-state index in [2.05, 4.69) is 0 Å². The van der Waals surface area contributed by atoms with Gasteiger partial charge in [0.2, 0.25) is 0 Å². The van der Waals surface area contributed by atoms with Crippen LogP contribution in [0, 0.1) is 0 Å². The average molecular weight is 311 g/mol. The number of hydrogen-bond acceptors (Lipinski definition) is 3. The Kier molecular flexibility index (Phi) is 4.46. The van der Waals surface area contributed by atoms with E-state index in [9.17, 15) is 9.90 Å². The zero-order chi connectivity index (χ0) is 16.4. The van der Waals surface area contributed by atoms with Crippen LogP contribution < -0.4 is 0 Å². The Balaban J connectivity index is 2.13. The number of aliphatic hydroxyl groups is 1. The van der Waals surface area contributed by atoms with Gasteiger partial charge in [0.15, 0.2) is 0 Å². The normalized spacial score (nSPS) is 28.0. The van der Waals surface area contributed by atoms with Gasteiger partial charge in [-0.15, -0.1) is 0 Å². The number of aliphatic hydroxyl groups excluding tert-OH is 1. The smallest absolute Gasteiger partial charge is 0.253 e. The first kappa shape index (κ1) is 15.7. The maximum Gasteiger partial charge on any atom is 0.253 e. The van der Waals surface area contributed by atoms with Gasteiger partial charge in [0.05, 0.1) is 0 Å². The van der Waals surface area contributed by atoms with Crippen LogP contribution in [-0.4, -0.2) is 42.4 Å². The summed E-state index contributed by atoms with van der Waals surface area (Å²) in [6, 6.07) is 19.6. The molecule has 1 saturated heterocycles. The summed E-state index contributed by atoms with van der Waals surface area (Å²) >= 11 is 0. The molecule has 0 aliphatic carbocycles. The Morgan fingerprint density at radius 2 is 1.39 bits per heavy atom. The van der Waals surface area contributed by atoms with Crippen LogP contribution >= 0.6 is 0 Å². The molecule has 2 aromatic carbocycles. The van der Waals surface area contributed by atoms with Gasteiger partial charge in [-0.05, 0) is 11.1 Å². The van der Waals surface area contributed by atoms with Crippen LogP contribution in [0.25, 0.3) is 0 Å². The molecular weight excluding hydrogens is 290 g/mol. The highest BCUT2D eigenvalue weighted by atomic mass is 16.5. The van der Waals surface area contributed by atoms with Gasteiger partial charge in [-0.3, -0.25) is 4.79 Å². The van der Waals surface area contributed by atoms with E-state index < -0.39 is 12.3 Å². The van der Waals surface area contributed by atoms with Gasteiger partial charge in [0.1, 0.15) is 12.3 Å². The van der Waals surface area contributed by atoms with E-state index in [4.69, 9.17) is 4.74 Å². The van der Waals surface area contributed by atoms with Gasteiger partial charge in [-0.1, -0.05) is 60.7 Å². The maximum atomic E-state index is 12.5. The van der Waals surface area contributed by atoms with Crippen molar-refractivity contribution >= 4 is 5.91 Å². The van der Waals surface area contributed by atoms with Crippen molar-refractivity contribution in [1.29, 1.82) is 0 Å². The number of benzene rings is 2. The van der Waals surface area contributed by atoms with Crippen LogP contribution in [0.4, 0.5) is 0 Å². The molecule has 0 unspecified atom stereocenters. The van der Waals surface area contributed by atoms with Gasteiger partial charge in [-0.25, -0.2) is 0 Å². The fourth-order valence-electron chi connectivity index (χ4n) is 3.52. The number of piperidine rings is 1. The number of carbonyl (C=O) groups is 1. The standard InChI is InChI=1S/C19H21NO3/c1-20-18(22)17(21)15(13-9-5-3-6-10-13)16(19(20)23-2)14-11-7-4-8-12-14/h3-12,15-17,19,21H,1-2H3/t15-,16+,17+,19-/m1/s1. The molecule has 23 heavy (non-hydrogen) atoms. The third-order valence-electron chi connectivity index (χ3n) is 4.63. The van der Waals surface area contributed by atoms with Crippen LogP contribution in [0.2, 0.25) is 0 Å². The number of likely N-dealkylation sites (N-methyl/N-ethyl adjacent to an activating group) is 1. The van der Waals surface area contributed by atoms with E-state index in [-0.39, 0.29) is 17.7 Å². The number of ether oxygens (including phenoxy) is 1. The zero-order valence-electron chi connectivity index (χ0n) is 13.3. The second-order valence-corrected chi connectivity index (χ2v) is 5.89. The Bertz CT molecular complexity index is 659. The molecule has 0 bridgehead atoms. The number of rotatable bonds is 3. The highest BCUT2D eigenvalue weighted by molar-refractivity contribution is 5.83. The highest BCUT2D eigenvalue weighted by Crippen LogP contribution is 2.43. The van der Waals surface area contributed by atoms with Crippen LogP contribution in [-0.2, 0) is 9.53 Å². The number of amides is 1. The van der Waals surface area contributed by atoms with Crippen molar-refractivity contribution in [2.45, 2.75) is 24.2 Å². The number of hydrogen-bond donors (Lipinski definition) is 1. The lowest BCUT2D eigenvalue weighted by molar-refractivity contribution is -0.165. The Labute approximate surface area is 136 Å². The summed E-state index contributed by atoms with van der Waals surface area (Å²) in [7, 11) is 3.28. The van der Waals surface area contributed by atoms with Crippen molar-refractivity contribution in [1.82, 2.24) is 4.90 Å². The largest absolute Gasteiger partial charge is 0.383 e. The third-order valence-corrected chi connectivity index (χ3v) is 4.63. The molecule has 1 fully saturated rings. The van der Waals surface area contributed by atoms with Crippen LogP contribution in [0.1, 0.15) is 23.0 Å². The minimum absolute atomic E-state index is 0.138. The molecule has 1 aliphatic rings. The predicted molar refractivity (Wildman–Crippen MR) is 87.9 cm³/mol. The highest BCUT2D eigenvalue weighted by Gasteiger charge is 2.48. The molecule has 0 aromatic heterocycles. The van der Waals surface area contributed by atoms with E-state index in [1.807, 2.05) is 60.7 Å². The molecule has 4 nitrogen and oxygen atoms in total. The first-order chi connectivity index (χ1) is 11.1. The zero-order valence-corrected chi connectivity index (χ0v) is 13.3.